The van der Waals surface area contributed by atoms with E-state index >= 15 is 0 Å². The summed E-state index contributed by atoms with van der Waals surface area (Å²) in [6.45, 7) is 6.85. The van der Waals surface area contributed by atoms with Crippen molar-refractivity contribution in [2.45, 2.75) is 20.3 Å². The summed E-state index contributed by atoms with van der Waals surface area (Å²) in [5.74, 6) is 0.797. The van der Waals surface area contributed by atoms with Crippen LogP contribution in [0.15, 0.2) is 10.9 Å². The zero-order chi connectivity index (χ0) is 12.1. The molecule has 92 valence electrons. The minimum absolute atomic E-state index is 0.534. The Balaban J connectivity index is 2.00. The van der Waals surface area contributed by atoms with Gasteiger partial charge in [0.05, 0.1) is 5.69 Å². The second kappa shape index (κ2) is 5.58. The molecule has 17 heavy (non-hydrogen) atoms. The monoisotopic (exact) mass is 235 g/mol. The SMILES string of the molecule is CCNCCCNc1ncnc2onc(C)c12. The Kier molecular flexibility index (Phi) is 3.87. The summed E-state index contributed by atoms with van der Waals surface area (Å²) in [6.07, 6.45) is 2.53. The predicted octanol–water partition coefficient (Wildman–Crippen LogP) is 1.34. The lowest BCUT2D eigenvalue weighted by molar-refractivity contribution is 0.442. The maximum Gasteiger partial charge on any atom is 0.263 e. The van der Waals surface area contributed by atoms with Crippen LogP contribution in [0.5, 0.6) is 0 Å². The molecule has 6 nitrogen and oxygen atoms in total. The number of fused-ring (bicyclic) bond motifs is 1. The van der Waals surface area contributed by atoms with E-state index in [-0.39, 0.29) is 0 Å². The van der Waals surface area contributed by atoms with Crippen molar-refractivity contribution in [3.8, 4) is 0 Å². The lowest BCUT2D eigenvalue weighted by Crippen LogP contribution is -2.17. The minimum atomic E-state index is 0.534. The van der Waals surface area contributed by atoms with Crippen molar-refractivity contribution in [1.82, 2.24) is 20.4 Å². The number of hydrogen-bond acceptors (Lipinski definition) is 6. The maximum atomic E-state index is 5.08. The second-order valence-corrected chi connectivity index (χ2v) is 3.80. The van der Waals surface area contributed by atoms with Crippen LogP contribution in [0, 0.1) is 6.92 Å². The first-order valence-corrected chi connectivity index (χ1v) is 5.84. The molecule has 0 aromatic carbocycles. The summed E-state index contributed by atoms with van der Waals surface area (Å²) < 4.78 is 5.08. The largest absolute Gasteiger partial charge is 0.369 e. The van der Waals surface area contributed by atoms with Gasteiger partial charge in [0.15, 0.2) is 0 Å². The van der Waals surface area contributed by atoms with Crippen molar-refractivity contribution in [1.29, 1.82) is 0 Å². The molecule has 6 heteroatoms. The van der Waals surface area contributed by atoms with Crippen molar-refractivity contribution >= 4 is 16.9 Å². The highest BCUT2D eigenvalue weighted by atomic mass is 16.5. The summed E-state index contributed by atoms with van der Waals surface area (Å²) in [4.78, 5) is 8.24. The molecule has 2 heterocycles. The van der Waals surface area contributed by atoms with E-state index in [1.54, 1.807) is 0 Å². The topological polar surface area (TPSA) is 75.9 Å². The van der Waals surface area contributed by atoms with E-state index in [0.29, 0.717) is 5.71 Å². The Morgan fingerprint density at radius 3 is 3.00 bits per heavy atom. The summed E-state index contributed by atoms with van der Waals surface area (Å²) in [7, 11) is 0. The number of nitrogens with one attached hydrogen (secondary N) is 2. The van der Waals surface area contributed by atoms with Crippen LogP contribution < -0.4 is 10.6 Å². The van der Waals surface area contributed by atoms with Crippen LogP contribution in [-0.4, -0.2) is 34.8 Å². The average molecular weight is 235 g/mol. The third kappa shape index (κ3) is 2.71. The lowest BCUT2D eigenvalue weighted by Gasteiger charge is -2.06. The van der Waals surface area contributed by atoms with Crippen LogP contribution in [0.25, 0.3) is 11.1 Å². The van der Waals surface area contributed by atoms with E-state index in [1.165, 1.54) is 6.33 Å². The first-order valence-electron chi connectivity index (χ1n) is 5.84. The molecule has 0 aliphatic rings. The molecule has 0 amide bonds. The lowest BCUT2D eigenvalue weighted by atomic mass is 10.3. The standard InChI is InChI=1S/C11H17N5O/c1-3-12-5-4-6-13-10-9-8(2)16-17-11(9)15-7-14-10/h7,12H,3-6H2,1-2H3,(H,13,14,15). The summed E-state index contributed by atoms with van der Waals surface area (Å²) >= 11 is 0. The first kappa shape index (κ1) is 11.8. The van der Waals surface area contributed by atoms with Gasteiger partial charge in [-0.1, -0.05) is 12.1 Å². The average Bonchev–Trinajstić information content (AvgIpc) is 2.72. The molecule has 2 N–H and O–H groups in total. The molecule has 2 aromatic rings. The van der Waals surface area contributed by atoms with Crippen molar-refractivity contribution in [3.05, 3.63) is 12.0 Å². The minimum Gasteiger partial charge on any atom is -0.369 e. The van der Waals surface area contributed by atoms with Crippen LogP contribution in [0.4, 0.5) is 5.82 Å². The molecule has 0 bridgehead atoms. The van der Waals surface area contributed by atoms with Gasteiger partial charge < -0.3 is 15.2 Å². The molecular weight excluding hydrogens is 218 g/mol. The zero-order valence-electron chi connectivity index (χ0n) is 10.2. The number of aromatic nitrogens is 3. The van der Waals surface area contributed by atoms with E-state index in [2.05, 4.69) is 32.7 Å². The molecule has 0 atom stereocenters. The van der Waals surface area contributed by atoms with Gasteiger partial charge in [0.2, 0.25) is 0 Å². The molecule has 2 rings (SSSR count). The molecule has 0 spiro atoms. The Bertz CT molecular complexity index is 482. The summed E-state index contributed by atoms with van der Waals surface area (Å²) in [5, 5.41) is 11.3. The fourth-order valence-electron chi connectivity index (χ4n) is 1.65. The van der Waals surface area contributed by atoms with Crippen LogP contribution >= 0.6 is 0 Å². The van der Waals surface area contributed by atoms with Gasteiger partial charge in [-0.05, 0) is 26.4 Å². The fraction of sp³-hybridized carbons (Fsp3) is 0.545. The molecule has 0 aliphatic heterocycles. The normalized spacial score (nSPS) is 10.9. The Morgan fingerprint density at radius 2 is 2.18 bits per heavy atom. The Labute approximate surface area is 99.8 Å². The fourth-order valence-corrected chi connectivity index (χ4v) is 1.65. The van der Waals surface area contributed by atoms with Gasteiger partial charge in [0.25, 0.3) is 5.71 Å². The maximum absolute atomic E-state index is 5.08. The van der Waals surface area contributed by atoms with Crippen molar-refractivity contribution in [3.63, 3.8) is 0 Å². The van der Waals surface area contributed by atoms with Gasteiger partial charge in [0, 0.05) is 6.54 Å². The Morgan fingerprint density at radius 1 is 1.29 bits per heavy atom. The van der Waals surface area contributed by atoms with Gasteiger partial charge in [-0.2, -0.15) is 4.98 Å². The Hall–Kier alpha value is -1.69. The van der Waals surface area contributed by atoms with Crippen molar-refractivity contribution < 1.29 is 4.52 Å². The van der Waals surface area contributed by atoms with Gasteiger partial charge in [0.1, 0.15) is 17.5 Å². The number of rotatable bonds is 6. The third-order valence-electron chi connectivity index (χ3n) is 2.52. The first-order chi connectivity index (χ1) is 8.33. The molecule has 0 saturated carbocycles. The summed E-state index contributed by atoms with van der Waals surface area (Å²) in [6, 6.07) is 0. The van der Waals surface area contributed by atoms with E-state index in [1.807, 2.05) is 6.92 Å². The van der Waals surface area contributed by atoms with Crippen LogP contribution in [0.2, 0.25) is 0 Å². The quantitative estimate of drug-likeness (QED) is 0.736. The van der Waals surface area contributed by atoms with E-state index in [0.717, 1.165) is 43.0 Å². The van der Waals surface area contributed by atoms with Crippen molar-refractivity contribution in [2.24, 2.45) is 0 Å². The summed E-state index contributed by atoms with van der Waals surface area (Å²) in [5.41, 5.74) is 1.35. The van der Waals surface area contributed by atoms with Crippen LogP contribution in [-0.2, 0) is 0 Å². The number of nitrogens with zero attached hydrogens (tertiary/aromatic N) is 3. The molecule has 0 aliphatic carbocycles. The van der Waals surface area contributed by atoms with Gasteiger partial charge in [-0.25, -0.2) is 4.98 Å². The number of aryl methyl sites for hydroxylation is 1. The van der Waals surface area contributed by atoms with Crippen molar-refractivity contribution in [2.75, 3.05) is 25.0 Å². The van der Waals surface area contributed by atoms with E-state index in [9.17, 15) is 0 Å². The smallest absolute Gasteiger partial charge is 0.263 e. The predicted molar refractivity (Wildman–Crippen MR) is 66.0 cm³/mol. The van der Waals surface area contributed by atoms with Gasteiger partial charge >= 0.3 is 0 Å². The molecule has 2 aromatic heterocycles. The molecular formula is C11H17N5O. The highest BCUT2D eigenvalue weighted by molar-refractivity contribution is 5.87. The molecule has 0 saturated heterocycles. The van der Waals surface area contributed by atoms with E-state index in [4.69, 9.17) is 4.52 Å². The van der Waals surface area contributed by atoms with Gasteiger partial charge in [-0.15, -0.1) is 0 Å². The van der Waals surface area contributed by atoms with Crippen LogP contribution in [0.1, 0.15) is 19.0 Å². The molecule has 0 fully saturated rings. The number of anilines is 1. The zero-order valence-corrected chi connectivity index (χ0v) is 10.2. The van der Waals surface area contributed by atoms with Crippen LogP contribution in [0.3, 0.4) is 0 Å². The van der Waals surface area contributed by atoms with E-state index < -0.39 is 0 Å². The highest BCUT2D eigenvalue weighted by Gasteiger charge is 2.10. The second-order valence-electron chi connectivity index (χ2n) is 3.80. The highest BCUT2D eigenvalue weighted by Crippen LogP contribution is 2.21. The number of hydrogen-bond donors (Lipinski definition) is 2. The third-order valence-corrected chi connectivity index (χ3v) is 2.52. The van der Waals surface area contributed by atoms with Gasteiger partial charge in [-0.3, -0.25) is 0 Å². The molecule has 0 radical (unpaired) electrons. The molecule has 0 unspecified atom stereocenters.